The number of halogens is 2. The molecule has 0 fully saturated rings. The van der Waals surface area contributed by atoms with Gasteiger partial charge in [0.2, 0.25) is 0 Å². The molecular weight excluding hydrogens is 349 g/mol. The highest BCUT2D eigenvalue weighted by molar-refractivity contribution is 7.91. The minimum Gasteiger partial charge on any atom is -0.484 e. The van der Waals surface area contributed by atoms with Gasteiger partial charge in [-0.05, 0) is 18.2 Å². The van der Waals surface area contributed by atoms with E-state index >= 15 is 0 Å². The highest BCUT2D eigenvalue weighted by atomic mass is 35.5. The van der Waals surface area contributed by atoms with Crippen molar-refractivity contribution in [2.45, 2.75) is 19.6 Å². The van der Waals surface area contributed by atoms with Crippen molar-refractivity contribution in [3.05, 3.63) is 39.9 Å². The van der Waals surface area contributed by atoms with Gasteiger partial charge in [-0.2, -0.15) is 0 Å². The van der Waals surface area contributed by atoms with Crippen molar-refractivity contribution >= 4 is 33.0 Å². The molecule has 9 heteroatoms. The van der Waals surface area contributed by atoms with Crippen LogP contribution >= 0.6 is 23.2 Å². The van der Waals surface area contributed by atoms with Crippen molar-refractivity contribution in [2.24, 2.45) is 0 Å². The molecule has 0 saturated heterocycles. The number of nitrogens with zero attached hydrogens (tertiary/aromatic N) is 3. The van der Waals surface area contributed by atoms with Crippen LogP contribution in [0.5, 0.6) is 5.75 Å². The maximum absolute atomic E-state index is 11.7. The first kappa shape index (κ1) is 15.6. The first-order valence-corrected chi connectivity index (χ1v) is 9.21. The third-order valence-corrected chi connectivity index (χ3v) is 5.58. The Morgan fingerprint density at radius 1 is 1.23 bits per heavy atom. The fourth-order valence-corrected chi connectivity index (χ4v) is 3.86. The normalized spacial score (nSPS) is 16.8. The average molecular weight is 362 g/mol. The fraction of sp³-hybridized carbons (Fsp3) is 0.385. The molecule has 0 N–H and O–H groups in total. The van der Waals surface area contributed by atoms with E-state index in [1.54, 1.807) is 22.8 Å². The summed E-state index contributed by atoms with van der Waals surface area (Å²) in [5.41, 5.74) is 0. The summed E-state index contributed by atoms with van der Waals surface area (Å²) in [4.78, 5) is 0. The molecule has 1 aromatic carbocycles. The maximum atomic E-state index is 11.7. The van der Waals surface area contributed by atoms with Crippen molar-refractivity contribution in [3.63, 3.8) is 0 Å². The van der Waals surface area contributed by atoms with Gasteiger partial charge < -0.3 is 9.30 Å². The Morgan fingerprint density at radius 2 is 2.05 bits per heavy atom. The first-order valence-electron chi connectivity index (χ1n) is 6.64. The van der Waals surface area contributed by atoms with Crippen molar-refractivity contribution in [3.8, 4) is 5.75 Å². The molecule has 0 radical (unpaired) electrons. The Bertz CT molecular complexity index is 805. The van der Waals surface area contributed by atoms with Crippen LogP contribution in [0.15, 0.2) is 18.2 Å². The number of rotatable bonds is 3. The lowest BCUT2D eigenvalue weighted by molar-refractivity contribution is 0.289. The van der Waals surface area contributed by atoms with Crippen LogP contribution in [0.1, 0.15) is 11.6 Å². The number of benzene rings is 1. The Labute approximate surface area is 137 Å². The molecular formula is C13H13Cl2N3O3S. The minimum absolute atomic E-state index is 0.0900. The molecule has 2 heterocycles. The quantitative estimate of drug-likeness (QED) is 0.836. The molecule has 1 aliphatic rings. The van der Waals surface area contributed by atoms with E-state index in [4.69, 9.17) is 27.9 Å². The number of fused-ring (bicyclic) bond motifs is 1. The highest BCUT2D eigenvalue weighted by Gasteiger charge is 2.22. The van der Waals surface area contributed by atoms with E-state index in [0.717, 1.165) is 0 Å². The molecule has 118 valence electrons. The number of sulfone groups is 1. The largest absolute Gasteiger partial charge is 0.484 e. The van der Waals surface area contributed by atoms with Gasteiger partial charge in [-0.15, -0.1) is 10.2 Å². The van der Waals surface area contributed by atoms with E-state index in [1.807, 2.05) is 0 Å². The summed E-state index contributed by atoms with van der Waals surface area (Å²) >= 11 is 11.9. The zero-order valence-corrected chi connectivity index (χ0v) is 13.8. The highest BCUT2D eigenvalue weighted by Crippen LogP contribution is 2.28. The van der Waals surface area contributed by atoms with Crippen LogP contribution in [-0.4, -0.2) is 34.7 Å². The summed E-state index contributed by atoms with van der Waals surface area (Å²) in [7, 11) is -3.02. The topological polar surface area (TPSA) is 74.1 Å². The summed E-state index contributed by atoms with van der Waals surface area (Å²) < 4.78 is 30.8. The van der Waals surface area contributed by atoms with E-state index < -0.39 is 9.84 Å². The number of hydrogen-bond donors (Lipinski definition) is 0. The molecule has 22 heavy (non-hydrogen) atoms. The predicted octanol–water partition coefficient (Wildman–Crippen LogP) is 2.13. The van der Waals surface area contributed by atoms with Crippen molar-refractivity contribution in [1.29, 1.82) is 0 Å². The number of ether oxygens (including phenoxy) is 1. The second-order valence-electron chi connectivity index (χ2n) is 4.95. The van der Waals surface area contributed by atoms with Crippen LogP contribution in [0.2, 0.25) is 10.0 Å². The summed E-state index contributed by atoms with van der Waals surface area (Å²) in [6.07, 6.45) is 0.372. The maximum Gasteiger partial charge on any atom is 0.171 e. The standard InChI is InChI=1S/C13H13Cl2N3O3S/c14-9-1-2-11(10(15)7-9)21-8-13-17-16-12-3-5-22(19,20)6-4-18(12)13/h1-2,7H,3-6,8H2. The van der Waals surface area contributed by atoms with E-state index in [1.165, 1.54) is 0 Å². The molecule has 0 spiro atoms. The SMILES string of the molecule is O=S1(=O)CCc2nnc(COc3ccc(Cl)cc3Cl)n2CC1. The molecule has 0 amide bonds. The Morgan fingerprint density at radius 3 is 2.82 bits per heavy atom. The van der Waals surface area contributed by atoms with Gasteiger partial charge in [0, 0.05) is 18.0 Å². The van der Waals surface area contributed by atoms with Gasteiger partial charge in [-0.3, -0.25) is 0 Å². The van der Waals surface area contributed by atoms with Crippen molar-refractivity contribution in [2.75, 3.05) is 11.5 Å². The van der Waals surface area contributed by atoms with Gasteiger partial charge in [0.1, 0.15) is 18.2 Å². The summed E-state index contributed by atoms with van der Waals surface area (Å²) in [5, 5.41) is 9.05. The van der Waals surface area contributed by atoms with Gasteiger partial charge in [-0.25, -0.2) is 8.42 Å². The molecule has 0 atom stereocenters. The predicted molar refractivity (Wildman–Crippen MR) is 83.2 cm³/mol. The molecule has 0 unspecified atom stereocenters. The fourth-order valence-electron chi connectivity index (χ4n) is 2.24. The zero-order chi connectivity index (χ0) is 15.7. The van der Waals surface area contributed by atoms with Gasteiger partial charge >= 0.3 is 0 Å². The first-order chi connectivity index (χ1) is 10.4. The van der Waals surface area contributed by atoms with Gasteiger partial charge in [0.15, 0.2) is 15.7 Å². The summed E-state index contributed by atoms with van der Waals surface area (Å²) in [5.74, 6) is 1.94. The molecule has 3 rings (SSSR count). The molecule has 0 saturated carbocycles. The van der Waals surface area contributed by atoms with Gasteiger partial charge in [0.05, 0.1) is 16.5 Å². The molecule has 1 aromatic heterocycles. The third-order valence-electron chi connectivity index (χ3n) is 3.42. The van der Waals surface area contributed by atoms with Crippen LogP contribution in [0, 0.1) is 0 Å². The Hall–Kier alpha value is -1.31. The van der Waals surface area contributed by atoms with Crippen LogP contribution in [0.3, 0.4) is 0 Å². The molecule has 1 aliphatic heterocycles. The van der Waals surface area contributed by atoms with E-state index in [2.05, 4.69) is 10.2 Å². The lowest BCUT2D eigenvalue weighted by atomic mass is 10.3. The van der Waals surface area contributed by atoms with Crippen molar-refractivity contribution < 1.29 is 13.2 Å². The third kappa shape index (κ3) is 3.37. The van der Waals surface area contributed by atoms with Crippen LogP contribution in [0.4, 0.5) is 0 Å². The molecule has 2 aromatic rings. The number of aromatic nitrogens is 3. The number of aryl methyl sites for hydroxylation is 1. The van der Waals surface area contributed by atoms with Crippen LogP contribution in [0.25, 0.3) is 0 Å². The van der Waals surface area contributed by atoms with Gasteiger partial charge in [-0.1, -0.05) is 23.2 Å². The van der Waals surface area contributed by atoms with E-state index in [-0.39, 0.29) is 18.1 Å². The number of hydrogen-bond acceptors (Lipinski definition) is 5. The smallest absolute Gasteiger partial charge is 0.171 e. The Kier molecular flexibility index (Phi) is 4.29. The summed E-state index contributed by atoms with van der Waals surface area (Å²) in [6.45, 7) is 0.506. The lowest BCUT2D eigenvalue weighted by Crippen LogP contribution is -2.14. The van der Waals surface area contributed by atoms with Crippen molar-refractivity contribution in [1.82, 2.24) is 14.8 Å². The average Bonchev–Trinajstić information content (AvgIpc) is 2.77. The zero-order valence-electron chi connectivity index (χ0n) is 11.5. The monoisotopic (exact) mass is 361 g/mol. The van der Waals surface area contributed by atoms with Crippen LogP contribution < -0.4 is 4.74 Å². The summed E-state index contributed by atoms with van der Waals surface area (Å²) in [6, 6.07) is 4.95. The van der Waals surface area contributed by atoms with E-state index in [9.17, 15) is 8.42 Å². The second kappa shape index (κ2) is 6.06. The second-order valence-corrected chi connectivity index (χ2v) is 8.10. The van der Waals surface area contributed by atoms with Gasteiger partial charge in [0.25, 0.3) is 0 Å². The molecule has 0 bridgehead atoms. The Balaban J connectivity index is 1.76. The molecule has 6 nitrogen and oxygen atoms in total. The van der Waals surface area contributed by atoms with Crippen LogP contribution in [-0.2, 0) is 29.4 Å². The lowest BCUT2D eigenvalue weighted by Gasteiger charge is -2.09. The minimum atomic E-state index is -3.02. The molecule has 0 aliphatic carbocycles. The van der Waals surface area contributed by atoms with E-state index in [0.29, 0.717) is 40.4 Å².